The molecule has 0 saturated heterocycles. The number of ether oxygens (including phenoxy) is 1. The average Bonchev–Trinajstić information content (AvgIpc) is 3.88. The maximum atomic E-state index is 12.8. The Morgan fingerprint density at radius 3 is 2.39 bits per heavy atom. The van der Waals surface area contributed by atoms with Crippen molar-refractivity contribution in [1.82, 2.24) is 25.1 Å². The maximum Gasteiger partial charge on any atom is 0.229 e. The van der Waals surface area contributed by atoms with Crippen molar-refractivity contribution in [2.75, 3.05) is 10.6 Å². The summed E-state index contributed by atoms with van der Waals surface area (Å²) in [5, 5.41) is 15.6. The summed E-state index contributed by atoms with van der Waals surface area (Å²) in [6.07, 6.45) is 13.3. The Balaban J connectivity index is 1.22. The lowest BCUT2D eigenvalue weighted by Gasteiger charge is -2.31. The SMILES string of the molecule is Cc1cc(Nc2ncc(Cl)c(Nc3cn(C)nc3S(=O)C(C)C)n2)c(OC2CC2)cc1C1CCC(NC2CC2)CC1. The number of hydrogen-bond donors (Lipinski definition) is 3. The highest BCUT2D eigenvalue weighted by Crippen LogP contribution is 2.42. The third-order valence-corrected chi connectivity index (χ3v) is 9.87. The summed E-state index contributed by atoms with van der Waals surface area (Å²) in [6.45, 7) is 5.99. The molecule has 11 heteroatoms. The lowest BCUT2D eigenvalue weighted by Crippen LogP contribution is -2.34. The topological polar surface area (TPSA) is 106 Å². The number of anilines is 4. The number of benzene rings is 1. The molecule has 3 aliphatic carbocycles. The molecule has 0 amide bonds. The molecule has 0 spiro atoms. The quantitative estimate of drug-likeness (QED) is 0.230. The van der Waals surface area contributed by atoms with E-state index >= 15 is 0 Å². The Hall–Kier alpha value is -2.69. The van der Waals surface area contributed by atoms with Crippen LogP contribution in [0.1, 0.15) is 82.3 Å². The van der Waals surface area contributed by atoms with Crippen LogP contribution >= 0.6 is 11.6 Å². The van der Waals surface area contributed by atoms with Gasteiger partial charge in [0.2, 0.25) is 5.95 Å². The predicted molar refractivity (Wildman–Crippen MR) is 164 cm³/mol. The Bertz CT molecular complexity index is 1430. The van der Waals surface area contributed by atoms with Crippen molar-refractivity contribution in [1.29, 1.82) is 0 Å². The minimum absolute atomic E-state index is 0.0749. The fourth-order valence-electron chi connectivity index (χ4n) is 5.55. The summed E-state index contributed by atoms with van der Waals surface area (Å²) >= 11 is 6.48. The molecular weight excluding hydrogens is 558 g/mol. The Morgan fingerprint density at radius 2 is 1.73 bits per heavy atom. The number of nitrogens with one attached hydrogen (secondary N) is 3. The van der Waals surface area contributed by atoms with Crippen LogP contribution in [0.3, 0.4) is 0 Å². The van der Waals surface area contributed by atoms with Crippen LogP contribution in [0, 0.1) is 6.92 Å². The van der Waals surface area contributed by atoms with Crippen molar-refractivity contribution in [2.45, 2.75) is 107 Å². The van der Waals surface area contributed by atoms with Gasteiger partial charge >= 0.3 is 0 Å². The molecule has 6 rings (SSSR count). The van der Waals surface area contributed by atoms with Gasteiger partial charge in [-0.05, 0) is 87.5 Å². The van der Waals surface area contributed by atoms with Crippen LogP contribution in [0.5, 0.6) is 5.75 Å². The van der Waals surface area contributed by atoms with E-state index in [2.05, 4.69) is 50.1 Å². The molecule has 3 fully saturated rings. The average molecular weight is 598 g/mol. The number of rotatable bonds is 11. The normalized spacial score (nSPS) is 21.6. The van der Waals surface area contributed by atoms with Crippen molar-refractivity contribution < 1.29 is 8.95 Å². The van der Waals surface area contributed by atoms with Gasteiger partial charge in [0.25, 0.3) is 0 Å². The molecular formula is C30H40ClN7O2S. The van der Waals surface area contributed by atoms with Gasteiger partial charge in [0.1, 0.15) is 10.8 Å². The summed E-state index contributed by atoms with van der Waals surface area (Å²) in [5.74, 6) is 2.21. The molecule has 3 saturated carbocycles. The first-order valence-corrected chi connectivity index (χ1v) is 16.4. The minimum atomic E-state index is -1.27. The van der Waals surface area contributed by atoms with Gasteiger partial charge in [0.05, 0.1) is 34.5 Å². The van der Waals surface area contributed by atoms with Gasteiger partial charge in [-0.15, -0.1) is 0 Å². The summed E-state index contributed by atoms with van der Waals surface area (Å²) in [4.78, 5) is 9.11. The second-order valence-electron chi connectivity index (χ2n) is 12.0. The van der Waals surface area contributed by atoms with E-state index in [0.29, 0.717) is 39.5 Å². The summed E-state index contributed by atoms with van der Waals surface area (Å²) in [5.41, 5.74) is 4.08. The molecule has 1 unspecified atom stereocenters. The Labute approximate surface area is 249 Å². The fraction of sp³-hybridized carbons (Fsp3) is 0.567. The molecule has 3 N–H and O–H groups in total. The van der Waals surface area contributed by atoms with Gasteiger partial charge in [-0.25, -0.2) is 4.98 Å². The molecule has 1 aromatic carbocycles. The van der Waals surface area contributed by atoms with Gasteiger partial charge in [0, 0.05) is 30.6 Å². The first kappa shape index (κ1) is 28.4. The molecule has 0 aliphatic heterocycles. The highest BCUT2D eigenvalue weighted by atomic mass is 35.5. The first-order valence-electron chi connectivity index (χ1n) is 14.8. The number of halogens is 1. The van der Waals surface area contributed by atoms with E-state index in [0.717, 1.165) is 30.3 Å². The first-order chi connectivity index (χ1) is 19.7. The van der Waals surface area contributed by atoms with Crippen LogP contribution in [0.15, 0.2) is 29.6 Å². The van der Waals surface area contributed by atoms with Gasteiger partial charge in [-0.3, -0.25) is 8.89 Å². The molecule has 0 radical (unpaired) electrons. The smallest absolute Gasteiger partial charge is 0.229 e. The lowest BCUT2D eigenvalue weighted by molar-refractivity contribution is 0.303. The van der Waals surface area contributed by atoms with Gasteiger partial charge in [-0.1, -0.05) is 25.4 Å². The van der Waals surface area contributed by atoms with E-state index in [9.17, 15) is 4.21 Å². The zero-order chi connectivity index (χ0) is 28.7. The lowest BCUT2D eigenvalue weighted by atomic mass is 9.80. The van der Waals surface area contributed by atoms with Crippen molar-refractivity contribution in [3.63, 3.8) is 0 Å². The van der Waals surface area contributed by atoms with E-state index in [1.807, 2.05) is 13.8 Å². The second-order valence-corrected chi connectivity index (χ2v) is 14.4. The summed E-state index contributed by atoms with van der Waals surface area (Å²) in [6, 6.07) is 5.84. The van der Waals surface area contributed by atoms with E-state index in [4.69, 9.17) is 16.3 Å². The van der Waals surface area contributed by atoms with E-state index in [1.54, 1.807) is 24.1 Å². The van der Waals surface area contributed by atoms with Crippen molar-refractivity contribution in [3.8, 4) is 5.75 Å². The largest absolute Gasteiger partial charge is 0.488 e. The van der Waals surface area contributed by atoms with E-state index < -0.39 is 10.8 Å². The van der Waals surface area contributed by atoms with Crippen LogP contribution in [0.2, 0.25) is 5.02 Å². The molecule has 3 aromatic rings. The zero-order valence-electron chi connectivity index (χ0n) is 24.2. The zero-order valence-corrected chi connectivity index (χ0v) is 25.8. The van der Waals surface area contributed by atoms with E-state index in [1.165, 1.54) is 49.7 Å². The maximum absolute atomic E-state index is 12.8. The number of hydrogen-bond acceptors (Lipinski definition) is 8. The molecule has 9 nitrogen and oxygen atoms in total. The van der Waals surface area contributed by atoms with Gasteiger partial charge in [0.15, 0.2) is 10.8 Å². The van der Waals surface area contributed by atoms with Crippen LogP contribution in [0.4, 0.5) is 23.1 Å². The van der Waals surface area contributed by atoms with Crippen LogP contribution in [0.25, 0.3) is 0 Å². The summed E-state index contributed by atoms with van der Waals surface area (Å²) in [7, 11) is 0.524. The number of nitrogens with zero attached hydrogens (tertiary/aromatic N) is 4. The monoisotopic (exact) mass is 597 g/mol. The Morgan fingerprint density at radius 1 is 1.02 bits per heavy atom. The molecule has 2 aromatic heterocycles. The van der Waals surface area contributed by atoms with Gasteiger partial charge in [-0.2, -0.15) is 10.1 Å². The standard InChI is InChI=1S/C30H40ClN7O2S/c1-17(2)41(39)29-26(16-38(4)37-29)34-28-24(31)15-32-30(36-28)35-25-13-18(3)23(14-27(25)40-22-11-12-22)19-5-7-20(8-6-19)33-21-9-10-21/h13-17,19-22,33H,5-12H2,1-4H3,(H2,32,34,35,36). The fourth-order valence-corrected chi connectivity index (χ4v) is 6.66. The number of aryl methyl sites for hydroxylation is 2. The summed E-state index contributed by atoms with van der Waals surface area (Å²) < 4.78 is 20.9. The highest BCUT2D eigenvalue weighted by molar-refractivity contribution is 7.85. The third-order valence-electron chi connectivity index (χ3n) is 8.06. The molecule has 41 heavy (non-hydrogen) atoms. The second kappa shape index (κ2) is 11.9. The number of aromatic nitrogens is 4. The Kier molecular flexibility index (Phi) is 8.25. The predicted octanol–water partition coefficient (Wildman–Crippen LogP) is 6.49. The van der Waals surface area contributed by atoms with E-state index in [-0.39, 0.29) is 11.4 Å². The van der Waals surface area contributed by atoms with Crippen LogP contribution in [-0.4, -0.2) is 47.4 Å². The molecule has 1 atom stereocenters. The highest BCUT2D eigenvalue weighted by Gasteiger charge is 2.30. The molecule has 0 bridgehead atoms. The molecule has 3 aliphatic rings. The molecule has 2 heterocycles. The van der Waals surface area contributed by atoms with Crippen molar-refractivity contribution in [3.05, 3.63) is 40.7 Å². The van der Waals surface area contributed by atoms with Crippen LogP contribution in [-0.2, 0) is 17.8 Å². The third kappa shape index (κ3) is 6.87. The molecule has 220 valence electrons. The van der Waals surface area contributed by atoms with Gasteiger partial charge < -0.3 is 20.7 Å². The van der Waals surface area contributed by atoms with Crippen molar-refractivity contribution >= 4 is 45.5 Å². The van der Waals surface area contributed by atoms with Crippen molar-refractivity contribution in [2.24, 2.45) is 7.05 Å². The van der Waals surface area contributed by atoms with Crippen LogP contribution < -0.4 is 20.7 Å². The minimum Gasteiger partial charge on any atom is -0.488 e.